The van der Waals surface area contributed by atoms with Crippen molar-refractivity contribution < 1.29 is 24.1 Å². The average molecular weight is 473 g/mol. The van der Waals surface area contributed by atoms with Crippen molar-refractivity contribution in [3.8, 4) is 0 Å². The molecule has 3 saturated carbocycles. The second-order valence-electron chi connectivity index (χ2n) is 13.3. The zero-order valence-electron chi connectivity index (χ0n) is 21.6. The Bertz CT molecular complexity index is 859. The topological polar surface area (TPSA) is 65.0 Å². The summed E-state index contributed by atoms with van der Waals surface area (Å²) < 4.78 is 18.9. The molecule has 0 aromatic heterocycles. The largest absolute Gasteiger partial charge is 0.460 e. The first-order valence-electron chi connectivity index (χ1n) is 14.0. The van der Waals surface area contributed by atoms with Crippen LogP contribution in [0.2, 0.25) is 0 Å². The predicted octanol–water partition coefficient (Wildman–Crippen LogP) is 5.26. The van der Waals surface area contributed by atoms with Crippen molar-refractivity contribution >= 4 is 5.97 Å². The third kappa shape index (κ3) is 3.25. The third-order valence-corrected chi connectivity index (χ3v) is 11.8. The Morgan fingerprint density at radius 1 is 1.15 bits per heavy atom. The van der Waals surface area contributed by atoms with Crippen LogP contribution in [0, 0.1) is 46.3 Å². The van der Waals surface area contributed by atoms with E-state index in [4.69, 9.17) is 19.3 Å². The highest BCUT2D eigenvalue weighted by molar-refractivity contribution is 5.70. The van der Waals surface area contributed by atoms with Gasteiger partial charge in [0, 0.05) is 18.8 Å². The van der Waals surface area contributed by atoms with Crippen LogP contribution in [0.25, 0.3) is 0 Å². The summed E-state index contributed by atoms with van der Waals surface area (Å²) in [6, 6.07) is 0. The fraction of sp³-hybridized carbons (Fsp3) is 0.897. The first-order chi connectivity index (χ1) is 16.2. The number of hydrogen-bond acceptors (Lipinski definition) is 5. The lowest BCUT2D eigenvalue weighted by Gasteiger charge is -2.58. The smallest absolute Gasteiger partial charge is 0.332 e. The van der Waals surface area contributed by atoms with Crippen LogP contribution in [0.3, 0.4) is 0 Å². The molecular weight excluding hydrogens is 428 g/mol. The second-order valence-corrected chi connectivity index (χ2v) is 13.3. The molecule has 11 atom stereocenters. The summed E-state index contributed by atoms with van der Waals surface area (Å²) in [6.45, 7) is 10.1. The molecule has 1 N–H and O–H groups in total. The normalized spacial score (nSPS) is 54.0. The summed E-state index contributed by atoms with van der Waals surface area (Å²) >= 11 is 0. The van der Waals surface area contributed by atoms with Crippen molar-refractivity contribution in [1.29, 1.82) is 0 Å². The number of carbonyl (C=O) groups is 1. The summed E-state index contributed by atoms with van der Waals surface area (Å²) in [5.41, 5.74) is 2.07. The van der Waals surface area contributed by atoms with Crippen LogP contribution in [0.1, 0.15) is 85.5 Å². The minimum Gasteiger partial charge on any atom is -0.460 e. The van der Waals surface area contributed by atoms with E-state index in [1.165, 1.54) is 31.3 Å². The molecule has 34 heavy (non-hydrogen) atoms. The van der Waals surface area contributed by atoms with Crippen LogP contribution in [0.4, 0.5) is 0 Å². The van der Waals surface area contributed by atoms with Gasteiger partial charge >= 0.3 is 5.97 Å². The number of esters is 1. The highest BCUT2D eigenvalue weighted by Crippen LogP contribution is 2.70. The van der Waals surface area contributed by atoms with Gasteiger partial charge in [0.05, 0.1) is 12.7 Å². The van der Waals surface area contributed by atoms with Gasteiger partial charge in [-0.1, -0.05) is 39.3 Å². The van der Waals surface area contributed by atoms with E-state index >= 15 is 0 Å². The van der Waals surface area contributed by atoms with Crippen LogP contribution >= 0.6 is 0 Å². The van der Waals surface area contributed by atoms with Crippen molar-refractivity contribution in [3.05, 3.63) is 11.6 Å². The molecule has 2 heterocycles. The quantitative estimate of drug-likeness (QED) is 0.439. The van der Waals surface area contributed by atoms with E-state index in [0.29, 0.717) is 29.3 Å². The van der Waals surface area contributed by atoms with Crippen molar-refractivity contribution in [1.82, 2.24) is 0 Å². The Labute approximate surface area is 205 Å². The Morgan fingerprint density at radius 2 is 1.97 bits per heavy atom. The number of hydrogen-bond donors (Lipinski definition) is 1. The lowest BCUT2D eigenvalue weighted by atomic mass is 9.47. The lowest BCUT2D eigenvalue weighted by molar-refractivity contribution is -0.272. The number of rotatable bonds is 2. The number of fused-ring (bicyclic) bond motifs is 7. The molecule has 0 aromatic rings. The molecule has 2 aliphatic heterocycles. The van der Waals surface area contributed by atoms with Gasteiger partial charge in [0.15, 0.2) is 5.79 Å². The fourth-order valence-corrected chi connectivity index (χ4v) is 9.97. The third-order valence-electron chi connectivity index (χ3n) is 11.8. The van der Waals surface area contributed by atoms with Gasteiger partial charge in [0.2, 0.25) is 0 Å². The molecule has 6 rings (SSSR count). The van der Waals surface area contributed by atoms with Gasteiger partial charge in [-0.05, 0) is 85.4 Å². The first kappa shape index (κ1) is 23.5. The molecule has 0 aromatic carbocycles. The Hall–Kier alpha value is -0.910. The van der Waals surface area contributed by atoms with Crippen molar-refractivity contribution in [2.24, 2.45) is 46.3 Å². The molecule has 6 aliphatic rings. The van der Waals surface area contributed by atoms with Crippen LogP contribution in [0.15, 0.2) is 11.6 Å². The average Bonchev–Trinajstić information content (AvgIpc) is 3.26. The molecule has 1 spiro atoms. The van der Waals surface area contributed by atoms with Gasteiger partial charge in [-0.15, -0.1) is 0 Å². The number of carbonyl (C=O) groups excluding carboxylic acids is 1. The first-order valence-corrected chi connectivity index (χ1v) is 14.0. The fourth-order valence-electron chi connectivity index (χ4n) is 9.97. The predicted molar refractivity (Wildman–Crippen MR) is 129 cm³/mol. The van der Waals surface area contributed by atoms with Crippen molar-refractivity contribution in [3.63, 3.8) is 0 Å². The van der Waals surface area contributed by atoms with E-state index < -0.39 is 12.6 Å². The molecular formula is C29H44O5. The lowest BCUT2D eigenvalue weighted by Crippen LogP contribution is -2.52. The Kier molecular flexibility index (Phi) is 5.56. The highest BCUT2D eigenvalue weighted by Gasteiger charge is 2.68. The van der Waals surface area contributed by atoms with Crippen LogP contribution in [-0.2, 0) is 19.0 Å². The molecule has 2 saturated heterocycles. The molecule has 5 fully saturated rings. The maximum atomic E-state index is 11.6. The molecule has 0 radical (unpaired) electrons. The number of aliphatic hydroxyl groups excluding tert-OH is 1. The van der Waals surface area contributed by atoms with E-state index in [1.807, 2.05) is 0 Å². The number of allylic oxidation sites excluding steroid dienone is 1. The minimum atomic E-state index is -0.522. The Morgan fingerprint density at radius 3 is 2.71 bits per heavy atom. The summed E-state index contributed by atoms with van der Waals surface area (Å²) in [5.74, 6) is 3.08. The van der Waals surface area contributed by atoms with Crippen LogP contribution in [0.5, 0.6) is 0 Å². The van der Waals surface area contributed by atoms with Gasteiger partial charge in [-0.25, -0.2) is 4.79 Å². The van der Waals surface area contributed by atoms with E-state index in [-0.39, 0.29) is 17.3 Å². The standard InChI is InChI=1S/C29H44O5/c1-17-7-12-29(32-16-17)18(2)26-24(34-29)14-23-21-6-5-19-13-20(33-25(31)15-30)8-10-27(19,3)22(21)9-11-28(23,26)4/h5,17-18,20-24,26,30H,6-16H2,1-4H3/t17-,18+,20+,21-,22+,23+,24+,26+,27+,28+,29-/m1/s1. The van der Waals surface area contributed by atoms with E-state index in [0.717, 1.165) is 56.5 Å². The van der Waals surface area contributed by atoms with Crippen LogP contribution in [-0.4, -0.2) is 42.3 Å². The van der Waals surface area contributed by atoms with Gasteiger partial charge < -0.3 is 19.3 Å². The monoisotopic (exact) mass is 472 g/mol. The molecule has 4 aliphatic carbocycles. The second kappa shape index (κ2) is 8.05. The highest BCUT2D eigenvalue weighted by atomic mass is 16.7. The van der Waals surface area contributed by atoms with E-state index in [1.54, 1.807) is 0 Å². The van der Waals surface area contributed by atoms with Crippen LogP contribution < -0.4 is 0 Å². The zero-order chi connectivity index (χ0) is 23.9. The summed E-state index contributed by atoms with van der Waals surface area (Å²) in [5, 5.41) is 9.09. The van der Waals surface area contributed by atoms with Crippen molar-refractivity contribution in [2.75, 3.05) is 13.2 Å². The van der Waals surface area contributed by atoms with Gasteiger partial charge in [-0.2, -0.15) is 0 Å². The number of aliphatic hydroxyl groups is 1. The minimum absolute atomic E-state index is 0.0705. The molecule has 0 unspecified atom stereocenters. The van der Waals surface area contributed by atoms with Gasteiger partial charge in [-0.3, -0.25) is 0 Å². The SMILES string of the molecule is C[C@@H]1CC[C@@]2(OC1)O[C@H]1C[C@H]3[C@@H]4CC=C5C[C@@H](OC(=O)CO)CC[C@]5(C)[C@H]4CC[C@]3(C)[C@H]1[C@@H]2C. The van der Waals surface area contributed by atoms with E-state index in [9.17, 15) is 4.79 Å². The van der Waals surface area contributed by atoms with Gasteiger partial charge in [0.1, 0.15) is 12.7 Å². The number of ether oxygens (including phenoxy) is 3. The molecule has 5 heteroatoms. The van der Waals surface area contributed by atoms with Crippen molar-refractivity contribution in [2.45, 2.75) is 103 Å². The molecule has 5 nitrogen and oxygen atoms in total. The maximum absolute atomic E-state index is 11.6. The summed E-state index contributed by atoms with van der Waals surface area (Å²) in [6.07, 6.45) is 12.9. The van der Waals surface area contributed by atoms with E-state index in [2.05, 4.69) is 33.8 Å². The maximum Gasteiger partial charge on any atom is 0.332 e. The molecule has 0 bridgehead atoms. The van der Waals surface area contributed by atoms with Gasteiger partial charge in [0.25, 0.3) is 0 Å². The summed E-state index contributed by atoms with van der Waals surface area (Å²) in [7, 11) is 0. The molecule has 190 valence electrons. The molecule has 0 amide bonds. The zero-order valence-corrected chi connectivity index (χ0v) is 21.6. The Balaban J connectivity index is 1.22. The summed E-state index contributed by atoms with van der Waals surface area (Å²) in [4.78, 5) is 11.6.